The van der Waals surface area contributed by atoms with E-state index in [-0.39, 0.29) is 22.3 Å². The van der Waals surface area contributed by atoms with Crippen molar-refractivity contribution in [2.75, 3.05) is 14.2 Å². The van der Waals surface area contributed by atoms with Gasteiger partial charge in [0.05, 0.1) is 24.8 Å². The second-order valence-electron chi connectivity index (χ2n) is 4.74. The molecule has 0 aliphatic rings. The van der Waals surface area contributed by atoms with Gasteiger partial charge in [-0.15, -0.1) is 0 Å². The summed E-state index contributed by atoms with van der Waals surface area (Å²) in [6.45, 7) is 0. The highest BCUT2D eigenvalue weighted by Gasteiger charge is 2.17. The predicted molar refractivity (Wildman–Crippen MR) is 83.2 cm³/mol. The van der Waals surface area contributed by atoms with Crippen LogP contribution in [0.1, 0.15) is 0 Å². The molecule has 0 amide bonds. The van der Waals surface area contributed by atoms with E-state index in [9.17, 15) is 8.78 Å². The van der Waals surface area contributed by atoms with Gasteiger partial charge in [0.2, 0.25) is 5.82 Å². The van der Waals surface area contributed by atoms with Crippen LogP contribution < -0.4 is 9.47 Å². The Morgan fingerprint density at radius 2 is 1.71 bits per heavy atom. The maximum absolute atomic E-state index is 13.4. The molecule has 1 heterocycles. The third-order valence-electron chi connectivity index (χ3n) is 3.31. The van der Waals surface area contributed by atoms with Gasteiger partial charge in [-0.05, 0) is 30.3 Å². The van der Waals surface area contributed by atoms with Gasteiger partial charge in [-0.3, -0.25) is 0 Å². The highest BCUT2D eigenvalue weighted by Crippen LogP contribution is 2.33. The number of aromatic nitrogens is 2. The molecule has 0 atom stereocenters. The number of hydrogen-bond acceptors (Lipinski definition) is 5. The molecular formula is C16H11ClF2N2O3. The SMILES string of the molecule is COc1ccc(-c2noc(-c3cc(F)c(F)cc3Cl)n2)cc1OC. The van der Waals surface area contributed by atoms with Crippen molar-refractivity contribution in [1.82, 2.24) is 10.1 Å². The second-order valence-corrected chi connectivity index (χ2v) is 5.15. The number of nitrogens with zero attached hydrogens (tertiary/aromatic N) is 2. The molecule has 2 aromatic carbocycles. The lowest BCUT2D eigenvalue weighted by atomic mass is 10.2. The fraction of sp³-hybridized carbons (Fsp3) is 0.125. The van der Waals surface area contributed by atoms with E-state index < -0.39 is 11.6 Å². The molecule has 0 fully saturated rings. The average molecular weight is 353 g/mol. The molecule has 8 heteroatoms. The van der Waals surface area contributed by atoms with Crippen LogP contribution >= 0.6 is 11.6 Å². The van der Waals surface area contributed by atoms with Gasteiger partial charge in [-0.25, -0.2) is 8.78 Å². The summed E-state index contributed by atoms with van der Waals surface area (Å²) in [5.41, 5.74) is 0.705. The minimum Gasteiger partial charge on any atom is -0.493 e. The van der Waals surface area contributed by atoms with E-state index in [1.54, 1.807) is 18.2 Å². The first-order valence-corrected chi connectivity index (χ1v) is 7.12. The normalized spacial score (nSPS) is 10.7. The van der Waals surface area contributed by atoms with Crippen LogP contribution in [0.4, 0.5) is 8.78 Å². The summed E-state index contributed by atoms with van der Waals surface area (Å²) in [7, 11) is 3.03. The molecule has 0 aliphatic heterocycles. The van der Waals surface area contributed by atoms with Gasteiger partial charge < -0.3 is 14.0 Å². The van der Waals surface area contributed by atoms with Crippen LogP contribution in [-0.2, 0) is 0 Å². The zero-order valence-electron chi connectivity index (χ0n) is 12.6. The molecule has 124 valence electrons. The van der Waals surface area contributed by atoms with Crippen molar-refractivity contribution < 1.29 is 22.8 Å². The fourth-order valence-electron chi connectivity index (χ4n) is 2.11. The number of halogens is 3. The molecular weight excluding hydrogens is 342 g/mol. The van der Waals surface area contributed by atoms with Crippen molar-refractivity contribution in [2.24, 2.45) is 0 Å². The Morgan fingerprint density at radius 3 is 2.42 bits per heavy atom. The van der Waals surface area contributed by atoms with Crippen molar-refractivity contribution in [1.29, 1.82) is 0 Å². The molecule has 24 heavy (non-hydrogen) atoms. The van der Waals surface area contributed by atoms with Crippen LogP contribution in [0, 0.1) is 11.6 Å². The summed E-state index contributed by atoms with van der Waals surface area (Å²) in [6.07, 6.45) is 0. The standard InChI is InChI=1S/C16H11ClF2N2O3/c1-22-13-4-3-8(5-14(13)23-2)15-20-16(24-21-15)9-6-11(18)12(19)7-10(9)17/h3-7H,1-2H3. The first kappa shape index (κ1) is 16.2. The number of ether oxygens (including phenoxy) is 2. The average Bonchev–Trinajstić information content (AvgIpc) is 3.07. The highest BCUT2D eigenvalue weighted by atomic mass is 35.5. The third kappa shape index (κ3) is 2.90. The maximum Gasteiger partial charge on any atom is 0.259 e. The van der Waals surface area contributed by atoms with Crippen LogP contribution in [0.5, 0.6) is 11.5 Å². The summed E-state index contributed by atoms with van der Waals surface area (Å²) >= 11 is 5.91. The molecule has 0 unspecified atom stereocenters. The van der Waals surface area contributed by atoms with E-state index in [4.69, 9.17) is 25.6 Å². The molecule has 1 aromatic heterocycles. The van der Waals surface area contributed by atoms with Crippen LogP contribution in [0.3, 0.4) is 0 Å². The van der Waals surface area contributed by atoms with E-state index in [2.05, 4.69) is 10.1 Å². The van der Waals surface area contributed by atoms with Crippen molar-refractivity contribution in [2.45, 2.75) is 0 Å². The molecule has 0 aliphatic carbocycles. The van der Waals surface area contributed by atoms with Crippen molar-refractivity contribution in [3.05, 3.63) is 47.0 Å². The lowest BCUT2D eigenvalue weighted by molar-refractivity contribution is 0.355. The quantitative estimate of drug-likeness (QED) is 0.653. The van der Waals surface area contributed by atoms with Gasteiger partial charge in [0.15, 0.2) is 23.1 Å². The van der Waals surface area contributed by atoms with Gasteiger partial charge in [-0.1, -0.05) is 16.8 Å². The molecule has 3 rings (SSSR count). The van der Waals surface area contributed by atoms with E-state index in [0.29, 0.717) is 17.1 Å². The molecule has 0 radical (unpaired) electrons. The summed E-state index contributed by atoms with van der Waals surface area (Å²) in [4.78, 5) is 4.17. The Kier molecular flexibility index (Phi) is 4.35. The molecule has 5 nitrogen and oxygen atoms in total. The highest BCUT2D eigenvalue weighted by molar-refractivity contribution is 6.33. The van der Waals surface area contributed by atoms with E-state index in [1.807, 2.05) is 0 Å². The molecule has 0 bridgehead atoms. The van der Waals surface area contributed by atoms with Crippen molar-refractivity contribution in [3.63, 3.8) is 0 Å². The van der Waals surface area contributed by atoms with Gasteiger partial charge in [-0.2, -0.15) is 4.98 Å². The molecule has 0 spiro atoms. The largest absolute Gasteiger partial charge is 0.493 e. The topological polar surface area (TPSA) is 57.4 Å². The first-order chi connectivity index (χ1) is 11.5. The zero-order valence-corrected chi connectivity index (χ0v) is 13.4. The van der Waals surface area contributed by atoms with Crippen LogP contribution in [0.2, 0.25) is 5.02 Å². The Balaban J connectivity index is 2.01. The number of hydrogen-bond donors (Lipinski definition) is 0. The smallest absolute Gasteiger partial charge is 0.259 e. The van der Waals surface area contributed by atoms with Gasteiger partial charge in [0.25, 0.3) is 5.89 Å². The van der Waals surface area contributed by atoms with Crippen molar-refractivity contribution >= 4 is 11.6 Å². The minimum atomic E-state index is -1.06. The van der Waals surface area contributed by atoms with E-state index in [0.717, 1.165) is 12.1 Å². The molecule has 3 aromatic rings. The number of benzene rings is 2. The molecule has 0 saturated heterocycles. The lowest BCUT2D eigenvalue weighted by Crippen LogP contribution is -1.91. The van der Waals surface area contributed by atoms with Crippen LogP contribution in [-0.4, -0.2) is 24.4 Å². The minimum absolute atomic E-state index is 0.0244. The number of methoxy groups -OCH3 is 2. The molecule has 0 N–H and O–H groups in total. The first-order valence-electron chi connectivity index (χ1n) is 6.74. The van der Waals surface area contributed by atoms with E-state index >= 15 is 0 Å². The summed E-state index contributed by atoms with van der Waals surface area (Å²) < 4.78 is 42.0. The van der Waals surface area contributed by atoms with Gasteiger partial charge in [0.1, 0.15) is 0 Å². The van der Waals surface area contributed by atoms with Crippen molar-refractivity contribution in [3.8, 4) is 34.3 Å². The zero-order chi connectivity index (χ0) is 17.3. The second kappa shape index (κ2) is 6.45. The molecule has 0 saturated carbocycles. The van der Waals surface area contributed by atoms with Crippen LogP contribution in [0.25, 0.3) is 22.8 Å². The Hall–Kier alpha value is -2.67. The monoisotopic (exact) mass is 352 g/mol. The van der Waals surface area contributed by atoms with Gasteiger partial charge in [0, 0.05) is 5.56 Å². The summed E-state index contributed by atoms with van der Waals surface area (Å²) in [5.74, 6) is -0.847. The summed E-state index contributed by atoms with van der Waals surface area (Å²) in [6, 6.07) is 6.83. The maximum atomic E-state index is 13.4. The Morgan fingerprint density at radius 1 is 1.00 bits per heavy atom. The Bertz CT molecular complexity index is 899. The Labute approximate surface area is 140 Å². The van der Waals surface area contributed by atoms with E-state index in [1.165, 1.54) is 14.2 Å². The lowest BCUT2D eigenvalue weighted by Gasteiger charge is -2.07. The predicted octanol–water partition coefficient (Wildman–Crippen LogP) is 4.35. The van der Waals surface area contributed by atoms with Gasteiger partial charge >= 0.3 is 0 Å². The fourth-order valence-corrected chi connectivity index (χ4v) is 2.34. The van der Waals surface area contributed by atoms with Crippen LogP contribution in [0.15, 0.2) is 34.9 Å². The summed E-state index contributed by atoms with van der Waals surface area (Å²) in [5, 5.41) is 3.80. The number of rotatable bonds is 4. The third-order valence-corrected chi connectivity index (χ3v) is 3.62.